The van der Waals surface area contributed by atoms with Crippen LogP contribution in [0.15, 0.2) is 30.3 Å². The second-order valence-corrected chi connectivity index (χ2v) is 4.92. The quantitative estimate of drug-likeness (QED) is 0.693. The molecule has 0 spiro atoms. The van der Waals surface area contributed by atoms with Crippen LogP contribution in [0.3, 0.4) is 0 Å². The first-order valence-electron chi connectivity index (χ1n) is 7.06. The molecular formula is C16H24N2O. The smallest absolute Gasteiger partial charge is 0.153 e. The molecule has 0 aliphatic heterocycles. The molecule has 0 aliphatic carbocycles. The van der Waals surface area contributed by atoms with E-state index in [0.29, 0.717) is 6.61 Å². The molecule has 2 N–H and O–H groups in total. The molecule has 104 valence electrons. The van der Waals surface area contributed by atoms with Crippen LogP contribution in [0.5, 0.6) is 0 Å². The van der Waals surface area contributed by atoms with E-state index in [1.807, 2.05) is 30.3 Å². The maximum absolute atomic E-state index is 9.26. The fourth-order valence-electron chi connectivity index (χ4n) is 1.96. The molecule has 0 bridgehead atoms. The van der Waals surface area contributed by atoms with Gasteiger partial charge in [-0.25, -0.2) is 0 Å². The van der Waals surface area contributed by atoms with Crippen LogP contribution in [0, 0.1) is 11.3 Å². The lowest BCUT2D eigenvalue weighted by Gasteiger charge is -2.21. The van der Waals surface area contributed by atoms with Gasteiger partial charge < -0.3 is 10.5 Å². The van der Waals surface area contributed by atoms with Gasteiger partial charge in [-0.15, -0.1) is 0 Å². The molecule has 0 fully saturated rings. The Morgan fingerprint density at radius 3 is 2.47 bits per heavy atom. The molecule has 3 nitrogen and oxygen atoms in total. The van der Waals surface area contributed by atoms with Gasteiger partial charge in [0.15, 0.2) is 5.54 Å². The fraction of sp³-hybridized carbons (Fsp3) is 0.562. The van der Waals surface area contributed by atoms with Gasteiger partial charge in [-0.3, -0.25) is 0 Å². The number of unbranched alkanes of at least 4 members (excludes halogenated alkanes) is 4. The van der Waals surface area contributed by atoms with Crippen LogP contribution in [0.2, 0.25) is 0 Å². The van der Waals surface area contributed by atoms with E-state index in [-0.39, 0.29) is 6.61 Å². The number of benzene rings is 1. The molecular weight excluding hydrogens is 236 g/mol. The summed E-state index contributed by atoms with van der Waals surface area (Å²) in [4.78, 5) is 0. The average Bonchev–Trinajstić information content (AvgIpc) is 2.47. The lowest BCUT2D eigenvalue weighted by molar-refractivity contribution is 0.0988. The summed E-state index contributed by atoms with van der Waals surface area (Å²) in [6.07, 6.45) is 6.00. The van der Waals surface area contributed by atoms with E-state index in [1.54, 1.807) is 0 Å². The molecule has 0 saturated heterocycles. The van der Waals surface area contributed by atoms with Crippen LogP contribution in [0.1, 0.15) is 44.6 Å². The number of nitrogens with zero attached hydrogens (tertiary/aromatic N) is 1. The minimum atomic E-state index is -1.04. The van der Waals surface area contributed by atoms with Crippen molar-refractivity contribution >= 4 is 0 Å². The Kier molecular flexibility index (Phi) is 7.17. The zero-order valence-corrected chi connectivity index (χ0v) is 11.8. The van der Waals surface area contributed by atoms with Gasteiger partial charge in [0, 0.05) is 6.61 Å². The van der Waals surface area contributed by atoms with E-state index in [9.17, 15) is 5.26 Å². The fourth-order valence-corrected chi connectivity index (χ4v) is 1.96. The van der Waals surface area contributed by atoms with Crippen molar-refractivity contribution in [3.63, 3.8) is 0 Å². The zero-order valence-electron chi connectivity index (χ0n) is 11.8. The van der Waals surface area contributed by atoms with Crippen LogP contribution in [-0.2, 0) is 10.3 Å². The number of nitriles is 1. The molecule has 0 saturated carbocycles. The number of hydrogen-bond donors (Lipinski definition) is 1. The maximum atomic E-state index is 9.26. The van der Waals surface area contributed by atoms with Crippen molar-refractivity contribution in [2.75, 3.05) is 13.2 Å². The normalized spacial score (nSPS) is 13.7. The molecule has 0 aliphatic rings. The van der Waals surface area contributed by atoms with Crippen molar-refractivity contribution in [1.82, 2.24) is 0 Å². The molecule has 3 heteroatoms. The Hall–Kier alpha value is -1.37. The molecule has 1 atom stereocenters. The molecule has 1 rings (SSSR count). The van der Waals surface area contributed by atoms with Crippen molar-refractivity contribution in [3.05, 3.63) is 35.9 Å². The lowest BCUT2D eigenvalue weighted by Crippen LogP contribution is -2.40. The van der Waals surface area contributed by atoms with Crippen molar-refractivity contribution in [1.29, 1.82) is 5.26 Å². The zero-order chi connectivity index (χ0) is 14.0. The average molecular weight is 260 g/mol. The van der Waals surface area contributed by atoms with Gasteiger partial charge >= 0.3 is 0 Å². The number of ether oxygens (including phenoxy) is 1. The van der Waals surface area contributed by atoms with Crippen molar-refractivity contribution in [2.24, 2.45) is 5.73 Å². The van der Waals surface area contributed by atoms with E-state index in [2.05, 4.69) is 13.0 Å². The monoisotopic (exact) mass is 260 g/mol. The van der Waals surface area contributed by atoms with Crippen LogP contribution < -0.4 is 5.73 Å². The molecule has 1 unspecified atom stereocenters. The van der Waals surface area contributed by atoms with E-state index < -0.39 is 5.54 Å². The lowest BCUT2D eigenvalue weighted by atomic mass is 9.94. The number of hydrogen-bond acceptors (Lipinski definition) is 3. The van der Waals surface area contributed by atoms with Gasteiger partial charge in [0.25, 0.3) is 0 Å². The highest BCUT2D eigenvalue weighted by Crippen LogP contribution is 2.17. The summed E-state index contributed by atoms with van der Waals surface area (Å²) in [7, 11) is 0. The van der Waals surface area contributed by atoms with Crippen LogP contribution in [0.4, 0.5) is 0 Å². The van der Waals surface area contributed by atoms with E-state index >= 15 is 0 Å². The Bertz CT molecular complexity index is 385. The van der Waals surface area contributed by atoms with E-state index in [1.165, 1.54) is 25.7 Å². The van der Waals surface area contributed by atoms with Gasteiger partial charge in [0.1, 0.15) is 0 Å². The molecule has 0 aromatic heterocycles. The third-order valence-electron chi connectivity index (χ3n) is 3.21. The molecule has 0 amide bonds. The minimum Gasteiger partial charge on any atom is -0.378 e. The molecule has 19 heavy (non-hydrogen) atoms. The number of rotatable bonds is 9. The van der Waals surface area contributed by atoms with Crippen molar-refractivity contribution < 1.29 is 4.74 Å². The predicted octanol–water partition coefficient (Wildman–Crippen LogP) is 3.35. The van der Waals surface area contributed by atoms with Crippen LogP contribution in [-0.4, -0.2) is 13.2 Å². The first-order chi connectivity index (χ1) is 9.23. The highest BCUT2D eigenvalue weighted by Gasteiger charge is 2.27. The second kappa shape index (κ2) is 8.68. The Morgan fingerprint density at radius 2 is 1.84 bits per heavy atom. The van der Waals surface area contributed by atoms with Gasteiger partial charge in [-0.1, -0.05) is 62.9 Å². The highest BCUT2D eigenvalue weighted by atomic mass is 16.5. The third-order valence-corrected chi connectivity index (χ3v) is 3.21. The largest absolute Gasteiger partial charge is 0.378 e. The Labute approximate surface area is 116 Å². The standard InChI is InChI=1S/C16H24N2O/c1-2-3-4-5-9-12-19-14-16(18,13-17)15-10-7-6-8-11-15/h6-8,10-11H,2-5,9,12,14,18H2,1H3. The van der Waals surface area contributed by atoms with Gasteiger partial charge in [-0.2, -0.15) is 5.26 Å². The third kappa shape index (κ3) is 5.42. The predicted molar refractivity (Wildman–Crippen MR) is 77.5 cm³/mol. The summed E-state index contributed by atoms with van der Waals surface area (Å²) >= 11 is 0. The Morgan fingerprint density at radius 1 is 1.16 bits per heavy atom. The van der Waals surface area contributed by atoms with E-state index in [4.69, 9.17) is 10.5 Å². The highest BCUT2D eigenvalue weighted by molar-refractivity contribution is 5.30. The summed E-state index contributed by atoms with van der Waals surface area (Å²) in [5, 5.41) is 9.26. The summed E-state index contributed by atoms with van der Waals surface area (Å²) in [5.41, 5.74) is 5.87. The summed E-state index contributed by atoms with van der Waals surface area (Å²) < 4.78 is 5.58. The summed E-state index contributed by atoms with van der Waals surface area (Å²) in [6, 6.07) is 11.6. The number of nitrogens with two attached hydrogens (primary N) is 1. The van der Waals surface area contributed by atoms with Crippen molar-refractivity contribution in [3.8, 4) is 6.07 Å². The first kappa shape index (κ1) is 15.7. The molecule has 1 aromatic carbocycles. The second-order valence-electron chi connectivity index (χ2n) is 4.92. The minimum absolute atomic E-state index is 0.251. The summed E-state index contributed by atoms with van der Waals surface area (Å²) in [5.74, 6) is 0. The SMILES string of the molecule is CCCCCCCOCC(N)(C#N)c1ccccc1. The topological polar surface area (TPSA) is 59.0 Å². The Balaban J connectivity index is 2.32. The first-order valence-corrected chi connectivity index (χ1v) is 7.06. The summed E-state index contributed by atoms with van der Waals surface area (Å²) in [6.45, 7) is 3.13. The van der Waals surface area contributed by atoms with Crippen LogP contribution in [0.25, 0.3) is 0 Å². The maximum Gasteiger partial charge on any atom is 0.153 e. The van der Waals surface area contributed by atoms with Crippen molar-refractivity contribution in [2.45, 2.75) is 44.6 Å². The molecule has 0 heterocycles. The van der Waals surface area contributed by atoms with Crippen LogP contribution >= 0.6 is 0 Å². The van der Waals surface area contributed by atoms with Gasteiger partial charge in [0.05, 0.1) is 12.7 Å². The van der Waals surface area contributed by atoms with Gasteiger partial charge in [0.2, 0.25) is 0 Å². The van der Waals surface area contributed by atoms with Gasteiger partial charge in [-0.05, 0) is 12.0 Å². The molecule has 0 radical (unpaired) electrons. The van der Waals surface area contributed by atoms with E-state index in [0.717, 1.165) is 12.0 Å². The molecule has 1 aromatic rings.